The Hall–Kier alpha value is -3.37. The van der Waals surface area contributed by atoms with Crippen molar-refractivity contribution in [1.29, 1.82) is 0 Å². The van der Waals surface area contributed by atoms with E-state index in [1.54, 1.807) is 18.3 Å². The summed E-state index contributed by atoms with van der Waals surface area (Å²) in [6.07, 6.45) is 0.526. The standard InChI is InChI=1S/C27H30ClN5O4/c1-15-3-4-17(10-20(15)28)23(35)12-30-21-5-6-29-27(36)24(21)26-31-22-11-18(9-16(2)25(22)32-26)33-7-8-37-19(13-33)14-34/h3-6,9-11,19,23,34-35H,7-8,12-14H2,1-2H3,(H,31,32)(H2,29,30,36)/t19?,23-/m1/s1. The van der Waals surface area contributed by atoms with Crippen molar-refractivity contribution in [2.24, 2.45) is 0 Å². The van der Waals surface area contributed by atoms with Crippen LogP contribution in [-0.2, 0) is 4.74 Å². The van der Waals surface area contributed by atoms with Gasteiger partial charge in [0.2, 0.25) is 0 Å². The van der Waals surface area contributed by atoms with E-state index < -0.39 is 6.10 Å². The van der Waals surface area contributed by atoms with Crippen LogP contribution in [-0.4, -0.2) is 64.1 Å². The molecule has 2 aromatic carbocycles. The zero-order valence-electron chi connectivity index (χ0n) is 20.7. The lowest BCUT2D eigenvalue weighted by Gasteiger charge is -2.33. The number of anilines is 2. The molecule has 1 fully saturated rings. The van der Waals surface area contributed by atoms with Crippen molar-refractivity contribution in [3.8, 4) is 11.4 Å². The number of pyridine rings is 1. The Morgan fingerprint density at radius 1 is 1.24 bits per heavy atom. The molecular formula is C27H30ClN5O4. The molecule has 1 aliphatic heterocycles. The van der Waals surface area contributed by atoms with Gasteiger partial charge in [0, 0.05) is 36.5 Å². The number of morpholine rings is 1. The van der Waals surface area contributed by atoms with Gasteiger partial charge in [0.25, 0.3) is 5.56 Å². The van der Waals surface area contributed by atoms with Gasteiger partial charge >= 0.3 is 0 Å². The van der Waals surface area contributed by atoms with E-state index in [1.165, 1.54) is 0 Å². The number of ether oxygens (including phenoxy) is 1. The number of hydrogen-bond acceptors (Lipinski definition) is 7. The highest BCUT2D eigenvalue weighted by Crippen LogP contribution is 2.30. The number of halogens is 1. The molecule has 9 nitrogen and oxygen atoms in total. The third-order valence-electron chi connectivity index (χ3n) is 6.73. The first-order valence-electron chi connectivity index (χ1n) is 12.2. The number of aromatic amines is 2. The molecule has 0 aliphatic carbocycles. The summed E-state index contributed by atoms with van der Waals surface area (Å²) in [7, 11) is 0. The fraction of sp³-hybridized carbons (Fsp3) is 0.333. The summed E-state index contributed by atoms with van der Waals surface area (Å²) in [5.74, 6) is 0.433. The first-order valence-corrected chi connectivity index (χ1v) is 12.6. The van der Waals surface area contributed by atoms with Crippen molar-refractivity contribution in [2.75, 3.05) is 43.1 Å². The molecule has 37 heavy (non-hydrogen) atoms. The Labute approximate surface area is 219 Å². The largest absolute Gasteiger partial charge is 0.394 e. The van der Waals surface area contributed by atoms with Crippen LogP contribution in [0.2, 0.25) is 5.02 Å². The zero-order valence-corrected chi connectivity index (χ0v) is 21.5. The molecular weight excluding hydrogens is 494 g/mol. The highest BCUT2D eigenvalue weighted by atomic mass is 35.5. The van der Waals surface area contributed by atoms with Crippen molar-refractivity contribution in [3.05, 3.63) is 74.7 Å². The average molecular weight is 524 g/mol. The molecule has 194 valence electrons. The van der Waals surface area contributed by atoms with Crippen LogP contribution in [0.15, 0.2) is 47.4 Å². The molecule has 0 saturated carbocycles. The molecule has 1 saturated heterocycles. The highest BCUT2D eigenvalue weighted by Gasteiger charge is 2.22. The maximum atomic E-state index is 12.9. The molecule has 4 aromatic rings. The first kappa shape index (κ1) is 25.3. The lowest BCUT2D eigenvalue weighted by Crippen LogP contribution is -2.44. The predicted octanol–water partition coefficient (Wildman–Crippen LogP) is 3.53. The number of aliphatic hydroxyl groups excluding tert-OH is 2. The molecule has 2 aromatic heterocycles. The summed E-state index contributed by atoms with van der Waals surface area (Å²) in [6.45, 7) is 5.92. The summed E-state index contributed by atoms with van der Waals surface area (Å²) in [5, 5.41) is 24.0. The molecule has 1 aliphatic rings. The Kier molecular flexibility index (Phi) is 7.21. The first-order chi connectivity index (χ1) is 17.8. The van der Waals surface area contributed by atoms with Crippen molar-refractivity contribution in [1.82, 2.24) is 15.0 Å². The van der Waals surface area contributed by atoms with Crippen LogP contribution in [0, 0.1) is 13.8 Å². The van der Waals surface area contributed by atoms with Gasteiger partial charge in [0.15, 0.2) is 0 Å². The van der Waals surface area contributed by atoms with Crippen molar-refractivity contribution in [2.45, 2.75) is 26.1 Å². The number of fused-ring (bicyclic) bond motifs is 1. The number of nitrogens with one attached hydrogen (secondary N) is 3. The number of aromatic nitrogens is 3. The van der Waals surface area contributed by atoms with Crippen molar-refractivity contribution in [3.63, 3.8) is 0 Å². The Balaban J connectivity index is 1.43. The second-order valence-electron chi connectivity index (χ2n) is 9.37. The number of rotatable bonds is 7. The molecule has 3 heterocycles. The highest BCUT2D eigenvalue weighted by molar-refractivity contribution is 6.31. The van der Waals surface area contributed by atoms with Crippen LogP contribution in [0.1, 0.15) is 22.8 Å². The monoisotopic (exact) mass is 523 g/mol. The maximum Gasteiger partial charge on any atom is 0.261 e. The van der Waals surface area contributed by atoms with E-state index in [0.29, 0.717) is 40.8 Å². The average Bonchev–Trinajstić information content (AvgIpc) is 3.33. The van der Waals surface area contributed by atoms with Gasteiger partial charge in [-0.2, -0.15) is 0 Å². The molecule has 5 N–H and O–H groups in total. The Bertz CT molecular complexity index is 1480. The zero-order chi connectivity index (χ0) is 26.1. The topological polar surface area (TPSA) is 126 Å². The number of nitrogens with zero attached hydrogens (tertiary/aromatic N) is 2. The number of H-pyrrole nitrogens is 2. The lowest BCUT2D eigenvalue weighted by atomic mass is 10.1. The summed E-state index contributed by atoms with van der Waals surface area (Å²) in [4.78, 5) is 25.9. The third kappa shape index (κ3) is 5.21. The fourth-order valence-corrected chi connectivity index (χ4v) is 4.83. The van der Waals surface area contributed by atoms with E-state index in [4.69, 9.17) is 21.3 Å². The normalized spacial score (nSPS) is 16.8. The summed E-state index contributed by atoms with van der Waals surface area (Å²) >= 11 is 6.22. The Morgan fingerprint density at radius 3 is 2.86 bits per heavy atom. The quantitative estimate of drug-likeness (QED) is 0.251. The summed E-state index contributed by atoms with van der Waals surface area (Å²) < 4.78 is 5.58. The van der Waals surface area contributed by atoms with Gasteiger partial charge in [-0.05, 0) is 54.8 Å². The van der Waals surface area contributed by atoms with Gasteiger partial charge in [-0.3, -0.25) is 4.79 Å². The van der Waals surface area contributed by atoms with Crippen molar-refractivity contribution >= 4 is 34.0 Å². The molecule has 0 radical (unpaired) electrons. The molecule has 0 amide bonds. The smallest absolute Gasteiger partial charge is 0.261 e. The van der Waals surface area contributed by atoms with Gasteiger partial charge < -0.3 is 35.1 Å². The van der Waals surface area contributed by atoms with Gasteiger partial charge in [0.1, 0.15) is 11.4 Å². The summed E-state index contributed by atoms with van der Waals surface area (Å²) in [5.41, 5.74) is 5.79. The van der Waals surface area contributed by atoms with Gasteiger partial charge in [0.05, 0.1) is 42.1 Å². The predicted molar refractivity (Wildman–Crippen MR) is 146 cm³/mol. The van der Waals surface area contributed by atoms with Gasteiger partial charge in [-0.15, -0.1) is 0 Å². The van der Waals surface area contributed by atoms with Crippen LogP contribution in [0.4, 0.5) is 11.4 Å². The van der Waals surface area contributed by atoms with Crippen molar-refractivity contribution < 1.29 is 14.9 Å². The number of hydrogen-bond donors (Lipinski definition) is 5. The number of imidazole rings is 1. The molecule has 10 heteroatoms. The second kappa shape index (κ2) is 10.5. The molecule has 5 rings (SSSR count). The second-order valence-corrected chi connectivity index (χ2v) is 9.77. The van der Waals surface area contributed by atoms with E-state index >= 15 is 0 Å². The van der Waals surface area contributed by atoms with Crippen LogP contribution >= 0.6 is 11.6 Å². The van der Waals surface area contributed by atoms with Gasteiger partial charge in [-0.1, -0.05) is 23.7 Å². The summed E-state index contributed by atoms with van der Waals surface area (Å²) in [6, 6.07) is 11.3. The SMILES string of the molecule is Cc1ccc([C@H](O)CNc2cc[nH]c(=O)c2-c2nc3c(C)cc(N4CCOC(CO)C4)cc3[nH]2)cc1Cl. The lowest BCUT2D eigenvalue weighted by molar-refractivity contribution is 0.00357. The number of benzene rings is 2. The van der Waals surface area contributed by atoms with E-state index in [9.17, 15) is 15.0 Å². The molecule has 0 spiro atoms. The molecule has 1 unspecified atom stereocenters. The minimum atomic E-state index is -0.818. The van der Waals surface area contributed by atoms with Crippen LogP contribution in [0.5, 0.6) is 0 Å². The van der Waals surface area contributed by atoms with Crippen LogP contribution in [0.25, 0.3) is 22.4 Å². The third-order valence-corrected chi connectivity index (χ3v) is 7.14. The van der Waals surface area contributed by atoms with E-state index in [2.05, 4.69) is 26.3 Å². The Morgan fingerprint density at radius 2 is 2.08 bits per heavy atom. The van der Waals surface area contributed by atoms with E-state index in [1.807, 2.05) is 32.0 Å². The number of aliphatic hydroxyl groups is 2. The number of aryl methyl sites for hydroxylation is 2. The maximum absolute atomic E-state index is 12.9. The van der Waals surface area contributed by atoms with Crippen LogP contribution < -0.4 is 15.8 Å². The van der Waals surface area contributed by atoms with E-state index in [-0.39, 0.29) is 24.8 Å². The fourth-order valence-electron chi connectivity index (χ4n) is 4.64. The van der Waals surface area contributed by atoms with Crippen LogP contribution in [0.3, 0.4) is 0 Å². The van der Waals surface area contributed by atoms with E-state index in [0.717, 1.165) is 34.4 Å². The minimum absolute atomic E-state index is 0.0237. The minimum Gasteiger partial charge on any atom is -0.394 e. The van der Waals surface area contributed by atoms with Gasteiger partial charge in [-0.25, -0.2) is 4.98 Å². The molecule has 0 bridgehead atoms. The molecule has 2 atom stereocenters.